The number of hydrogen-bond donors (Lipinski definition) is 1. The second-order valence-electron chi connectivity index (χ2n) is 4.75. The summed E-state index contributed by atoms with van der Waals surface area (Å²) < 4.78 is 10.1. The van der Waals surface area contributed by atoms with Gasteiger partial charge in [-0.2, -0.15) is 5.26 Å². The normalized spacial score (nSPS) is 10.8. The molecule has 0 aliphatic rings. The fourth-order valence-corrected chi connectivity index (χ4v) is 2.11. The van der Waals surface area contributed by atoms with Crippen LogP contribution in [0.1, 0.15) is 11.1 Å². The van der Waals surface area contributed by atoms with E-state index >= 15 is 0 Å². The van der Waals surface area contributed by atoms with Crippen LogP contribution in [0.5, 0.6) is 17.2 Å². The monoisotopic (exact) mass is 326 g/mol. The minimum atomic E-state index is -0.505. The second kappa shape index (κ2) is 7.15. The van der Waals surface area contributed by atoms with E-state index in [1.807, 2.05) is 0 Å². The lowest BCUT2D eigenvalue weighted by Crippen LogP contribution is -1.91. The Labute approximate surface area is 138 Å². The summed E-state index contributed by atoms with van der Waals surface area (Å²) in [6.45, 7) is 0. The SMILES string of the molecule is COc1cc(/C=C(\C#N)c2ccc([N+](=O)[O-])cc2)cc(OC)c1O. The standard InChI is InChI=1S/C17H14N2O5/c1-23-15-8-11(9-16(24-2)17(15)20)7-13(10-18)12-3-5-14(6-4-12)19(21)22/h3-9,20H,1-2H3/b13-7+. The van der Waals surface area contributed by atoms with Crippen LogP contribution in [0.25, 0.3) is 11.6 Å². The highest BCUT2D eigenvalue weighted by Gasteiger charge is 2.12. The van der Waals surface area contributed by atoms with Gasteiger partial charge in [0.05, 0.1) is 30.8 Å². The zero-order chi connectivity index (χ0) is 17.7. The first-order valence-electron chi connectivity index (χ1n) is 6.81. The highest BCUT2D eigenvalue weighted by molar-refractivity contribution is 5.90. The van der Waals surface area contributed by atoms with Gasteiger partial charge in [-0.15, -0.1) is 0 Å². The van der Waals surface area contributed by atoms with Crippen LogP contribution in [0.2, 0.25) is 0 Å². The number of methoxy groups -OCH3 is 2. The van der Waals surface area contributed by atoms with Crippen molar-refractivity contribution in [1.29, 1.82) is 5.26 Å². The summed E-state index contributed by atoms with van der Waals surface area (Å²) in [5.74, 6) is 0.286. The van der Waals surface area contributed by atoms with Crippen LogP contribution in [0.15, 0.2) is 36.4 Å². The number of aromatic hydroxyl groups is 1. The van der Waals surface area contributed by atoms with Crippen molar-refractivity contribution in [3.05, 3.63) is 57.6 Å². The summed E-state index contributed by atoms with van der Waals surface area (Å²) in [6.07, 6.45) is 1.58. The molecule has 0 heterocycles. The number of ether oxygens (including phenoxy) is 2. The van der Waals surface area contributed by atoms with E-state index in [1.165, 1.54) is 38.5 Å². The van der Waals surface area contributed by atoms with Crippen molar-refractivity contribution in [2.45, 2.75) is 0 Å². The average molecular weight is 326 g/mol. The lowest BCUT2D eigenvalue weighted by molar-refractivity contribution is -0.384. The minimum absolute atomic E-state index is 0.0518. The number of hydrogen-bond acceptors (Lipinski definition) is 6. The number of rotatable bonds is 5. The quantitative estimate of drug-likeness (QED) is 0.391. The molecule has 0 unspecified atom stereocenters. The number of nitriles is 1. The minimum Gasteiger partial charge on any atom is -0.502 e. The molecule has 0 bridgehead atoms. The molecular weight excluding hydrogens is 312 g/mol. The van der Waals surface area contributed by atoms with E-state index in [2.05, 4.69) is 6.07 Å². The Morgan fingerprint density at radius 3 is 2.17 bits per heavy atom. The number of benzene rings is 2. The summed E-state index contributed by atoms with van der Waals surface area (Å²) in [5.41, 5.74) is 1.37. The third-order valence-corrected chi connectivity index (χ3v) is 3.32. The Balaban J connectivity index is 2.47. The molecule has 0 saturated heterocycles. The molecule has 1 N–H and O–H groups in total. The van der Waals surface area contributed by atoms with Crippen molar-refractivity contribution in [3.63, 3.8) is 0 Å². The Hall–Kier alpha value is -3.53. The molecule has 0 amide bonds. The van der Waals surface area contributed by atoms with E-state index in [0.717, 1.165) is 0 Å². The van der Waals surface area contributed by atoms with Crippen molar-refractivity contribution in [1.82, 2.24) is 0 Å². The maximum absolute atomic E-state index is 10.7. The van der Waals surface area contributed by atoms with Crippen molar-refractivity contribution in [2.24, 2.45) is 0 Å². The van der Waals surface area contributed by atoms with Gasteiger partial charge in [0.15, 0.2) is 11.5 Å². The molecule has 0 atom stereocenters. The van der Waals surface area contributed by atoms with Gasteiger partial charge in [-0.3, -0.25) is 10.1 Å². The van der Waals surface area contributed by atoms with Gasteiger partial charge in [-0.05, 0) is 41.5 Å². The fourth-order valence-electron chi connectivity index (χ4n) is 2.11. The van der Waals surface area contributed by atoms with E-state index in [4.69, 9.17) is 9.47 Å². The Morgan fingerprint density at radius 2 is 1.75 bits per heavy atom. The van der Waals surface area contributed by atoms with Gasteiger partial charge < -0.3 is 14.6 Å². The van der Waals surface area contributed by atoms with Crippen molar-refractivity contribution in [3.8, 4) is 23.3 Å². The maximum Gasteiger partial charge on any atom is 0.269 e. The number of allylic oxidation sites excluding steroid dienone is 1. The summed E-state index contributed by atoms with van der Waals surface area (Å²) >= 11 is 0. The van der Waals surface area contributed by atoms with E-state index in [9.17, 15) is 20.5 Å². The second-order valence-corrected chi connectivity index (χ2v) is 4.75. The zero-order valence-corrected chi connectivity index (χ0v) is 13.0. The van der Waals surface area contributed by atoms with Crippen molar-refractivity contribution < 1.29 is 19.5 Å². The smallest absolute Gasteiger partial charge is 0.269 e. The van der Waals surface area contributed by atoms with Gasteiger partial charge in [0, 0.05) is 12.1 Å². The molecule has 0 radical (unpaired) electrons. The van der Waals surface area contributed by atoms with Gasteiger partial charge in [0.1, 0.15) is 0 Å². The van der Waals surface area contributed by atoms with Gasteiger partial charge in [-0.25, -0.2) is 0 Å². The molecule has 2 aromatic rings. The summed E-state index contributed by atoms with van der Waals surface area (Å²) in [4.78, 5) is 10.2. The molecule has 2 aromatic carbocycles. The van der Waals surface area contributed by atoms with Crippen LogP contribution in [-0.2, 0) is 0 Å². The highest BCUT2D eigenvalue weighted by Crippen LogP contribution is 2.38. The number of phenols is 1. The Morgan fingerprint density at radius 1 is 1.21 bits per heavy atom. The van der Waals surface area contributed by atoms with Gasteiger partial charge in [-0.1, -0.05) is 0 Å². The lowest BCUT2D eigenvalue weighted by Gasteiger charge is -2.10. The van der Waals surface area contributed by atoms with E-state index in [0.29, 0.717) is 16.7 Å². The number of phenolic OH excluding ortho intramolecular Hbond substituents is 1. The topological polar surface area (TPSA) is 106 Å². The first kappa shape index (κ1) is 16.8. The molecule has 24 heavy (non-hydrogen) atoms. The van der Waals surface area contributed by atoms with E-state index in [1.54, 1.807) is 18.2 Å². The van der Waals surface area contributed by atoms with Crippen LogP contribution in [0, 0.1) is 21.4 Å². The van der Waals surface area contributed by atoms with E-state index < -0.39 is 4.92 Å². The molecule has 0 saturated carbocycles. The number of non-ortho nitro benzene ring substituents is 1. The number of nitrogens with zero attached hydrogens (tertiary/aromatic N) is 2. The molecule has 0 spiro atoms. The molecule has 0 fully saturated rings. The molecule has 2 rings (SSSR count). The predicted octanol–water partition coefficient (Wildman–Crippen LogP) is 3.38. The van der Waals surface area contributed by atoms with Crippen molar-refractivity contribution in [2.75, 3.05) is 14.2 Å². The first-order valence-corrected chi connectivity index (χ1v) is 6.81. The molecule has 122 valence electrons. The van der Waals surface area contributed by atoms with Crippen LogP contribution in [0.4, 0.5) is 5.69 Å². The fraction of sp³-hybridized carbons (Fsp3) is 0.118. The van der Waals surface area contributed by atoms with Crippen LogP contribution < -0.4 is 9.47 Å². The van der Waals surface area contributed by atoms with Gasteiger partial charge in [0.2, 0.25) is 5.75 Å². The Bertz CT molecular complexity index is 810. The largest absolute Gasteiger partial charge is 0.502 e. The van der Waals surface area contributed by atoms with E-state index in [-0.39, 0.29) is 22.9 Å². The van der Waals surface area contributed by atoms with Gasteiger partial charge >= 0.3 is 0 Å². The molecule has 0 aromatic heterocycles. The summed E-state index contributed by atoms with van der Waals surface area (Å²) in [7, 11) is 2.81. The number of nitro benzene ring substituents is 1. The first-order chi connectivity index (χ1) is 11.5. The third-order valence-electron chi connectivity index (χ3n) is 3.32. The molecule has 7 nitrogen and oxygen atoms in total. The maximum atomic E-state index is 10.7. The lowest BCUT2D eigenvalue weighted by atomic mass is 10.0. The third kappa shape index (κ3) is 3.44. The summed E-state index contributed by atoms with van der Waals surface area (Å²) in [6, 6.07) is 10.8. The van der Waals surface area contributed by atoms with Gasteiger partial charge in [0.25, 0.3) is 5.69 Å². The highest BCUT2D eigenvalue weighted by atomic mass is 16.6. The van der Waals surface area contributed by atoms with Crippen LogP contribution in [-0.4, -0.2) is 24.2 Å². The Kier molecular flexibility index (Phi) is 5.02. The molecule has 0 aliphatic heterocycles. The van der Waals surface area contributed by atoms with Crippen LogP contribution >= 0.6 is 0 Å². The molecule has 7 heteroatoms. The number of nitro groups is 1. The average Bonchev–Trinajstić information content (AvgIpc) is 2.60. The van der Waals surface area contributed by atoms with Crippen molar-refractivity contribution >= 4 is 17.3 Å². The summed E-state index contributed by atoms with van der Waals surface area (Å²) in [5, 5.41) is 30.0. The van der Waals surface area contributed by atoms with Crippen LogP contribution in [0.3, 0.4) is 0 Å². The zero-order valence-electron chi connectivity index (χ0n) is 13.0. The predicted molar refractivity (Wildman–Crippen MR) is 87.8 cm³/mol. The molecular formula is C17H14N2O5. The molecule has 0 aliphatic carbocycles.